The number of fused-ring (bicyclic) bond motifs is 1. The van der Waals surface area contributed by atoms with Gasteiger partial charge in [0, 0.05) is 30.9 Å². The highest BCUT2D eigenvalue weighted by atomic mass is 16.3. The number of nitrogens with one attached hydrogen (secondary N) is 2. The Morgan fingerprint density at radius 1 is 1.43 bits per heavy atom. The summed E-state index contributed by atoms with van der Waals surface area (Å²) in [4.78, 5) is 12.4. The highest BCUT2D eigenvalue weighted by Gasteiger charge is 2.18. The second kappa shape index (κ2) is 8.03. The molecule has 1 amide bonds. The van der Waals surface area contributed by atoms with E-state index in [1.165, 1.54) is 0 Å². The molecule has 1 aliphatic rings. The minimum atomic E-state index is 0.00888. The van der Waals surface area contributed by atoms with Crippen LogP contribution in [0.15, 0.2) is 18.2 Å². The van der Waals surface area contributed by atoms with Gasteiger partial charge in [0.2, 0.25) is 0 Å². The number of aliphatic hydroxyl groups excluding tert-OH is 1. The fourth-order valence-corrected chi connectivity index (χ4v) is 2.99. The average Bonchev–Trinajstić information content (AvgIpc) is 2.52. The molecule has 1 heterocycles. The van der Waals surface area contributed by atoms with E-state index < -0.39 is 0 Å². The van der Waals surface area contributed by atoms with Crippen molar-refractivity contribution in [3.05, 3.63) is 29.3 Å². The van der Waals surface area contributed by atoms with Crippen LogP contribution in [0.3, 0.4) is 0 Å². The molecule has 2 rings (SSSR count). The fourth-order valence-electron chi connectivity index (χ4n) is 2.99. The van der Waals surface area contributed by atoms with E-state index in [9.17, 15) is 4.79 Å². The van der Waals surface area contributed by atoms with E-state index in [1.807, 2.05) is 18.2 Å². The number of carbonyl (C=O) groups excluding carboxylic acids is 1. The number of amides is 1. The van der Waals surface area contributed by atoms with Crippen LogP contribution in [0, 0.1) is 5.92 Å². The molecule has 3 N–H and O–H groups in total. The quantitative estimate of drug-likeness (QED) is 0.723. The molecular weight excluding hydrogens is 264 g/mol. The van der Waals surface area contributed by atoms with Gasteiger partial charge in [-0.15, -0.1) is 0 Å². The molecule has 1 aromatic rings. The van der Waals surface area contributed by atoms with Crippen LogP contribution < -0.4 is 10.6 Å². The van der Waals surface area contributed by atoms with Gasteiger partial charge in [-0.05, 0) is 49.3 Å². The number of carbonyl (C=O) groups is 1. The van der Waals surface area contributed by atoms with E-state index in [0.717, 1.165) is 55.5 Å². The summed E-state index contributed by atoms with van der Waals surface area (Å²) in [5.41, 5.74) is 3.02. The molecule has 1 atom stereocenters. The summed E-state index contributed by atoms with van der Waals surface area (Å²) >= 11 is 0. The van der Waals surface area contributed by atoms with E-state index in [-0.39, 0.29) is 12.5 Å². The van der Waals surface area contributed by atoms with Crippen molar-refractivity contribution in [2.75, 3.05) is 25.0 Å². The van der Waals surface area contributed by atoms with Crippen LogP contribution in [0.4, 0.5) is 5.69 Å². The molecule has 116 valence electrons. The monoisotopic (exact) mass is 290 g/mol. The Hall–Kier alpha value is -1.55. The molecule has 1 aromatic carbocycles. The molecule has 0 radical (unpaired) electrons. The van der Waals surface area contributed by atoms with E-state index in [2.05, 4.69) is 17.6 Å². The Balaban J connectivity index is 2.00. The van der Waals surface area contributed by atoms with Gasteiger partial charge in [0.25, 0.3) is 5.91 Å². The van der Waals surface area contributed by atoms with Crippen molar-refractivity contribution in [3.8, 4) is 0 Å². The number of hydrogen-bond acceptors (Lipinski definition) is 3. The second-order valence-electron chi connectivity index (χ2n) is 5.74. The fraction of sp³-hybridized carbons (Fsp3) is 0.588. The highest BCUT2D eigenvalue weighted by Crippen LogP contribution is 2.25. The molecule has 0 bridgehead atoms. The number of benzene rings is 1. The second-order valence-corrected chi connectivity index (χ2v) is 5.74. The molecule has 0 saturated heterocycles. The molecule has 0 aromatic heterocycles. The first kappa shape index (κ1) is 15.8. The third-order valence-electron chi connectivity index (χ3n) is 4.13. The molecule has 0 spiro atoms. The lowest BCUT2D eigenvalue weighted by molar-refractivity contribution is 0.0942. The molecule has 1 unspecified atom stereocenters. The Bertz CT molecular complexity index is 468. The van der Waals surface area contributed by atoms with Crippen LogP contribution in [-0.2, 0) is 6.42 Å². The molecule has 1 aliphatic heterocycles. The zero-order valence-corrected chi connectivity index (χ0v) is 12.8. The van der Waals surface area contributed by atoms with Crippen LogP contribution in [0.25, 0.3) is 0 Å². The van der Waals surface area contributed by atoms with E-state index in [4.69, 9.17) is 5.11 Å². The maximum atomic E-state index is 12.4. The van der Waals surface area contributed by atoms with Gasteiger partial charge in [-0.1, -0.05) is 19.4 Å². The van der Waals surface area contributed by atoms with Crippen LogP contribution in [0.2, 0.25) is 0 Å². The van der Waals surface area contributed by atoms with Crippen molar-refractivity contribution < 1.29 is 9.90 Å². The maximum absolute atomic E-state index is 12.4. The number of hydrogen-bond donors (Lipinski definition) is 3. The van der Waals surface area contributed by atoms with Crippen molar-refractivity contribution in [2.45, 2.75) is 39.0 Å². The van der Waals surface area contributed by atoms with Gasteiger partial charge in [-0.25, -0.2) is 0 Å². The van der Waals surface area contributed by atoms with Crippen molar-refractivity contribution in [1.82, 2.24) is 5.32 Å². The topological polar surface area (TPSA) is 61.4 Å². The molecule has 0 fully saturated rings. The Morgan fingerprint density at radius 2 is 2.29 bits per heavy atom. The van der Waals surface area contributed by atoms with Crippen molar-refractivity contribution in [2.24, 2.45) is 5.92 Å². The summed E-state index contributed by atoms with van der Waals surface area (Å²) in [5.74, 6) is 0.371. The minimum Gasteiger partial charge on any atom is -0.396 e. The average molecular weight is 290 g/mol. The lowest BCUT2D eigenvalue weighted by Gasteiger charge is -2.21. The van der Waals surface area contributed by atoms with Gasteiger partial charge < -0.3 is 15.7 Å². The molecule has 4 heteroatoms. The van der Waals surface area contributed by atoms with Crippen molar-refractivity contribution >= 4 is 11.6 Å². The van der Waals surface area contributed by atoms with Crippen LogP contribution in [0.1, 0.15) is 48.5 Å². The standard InChI is InChI=1S/C17H26N2O2/c1-2-5-13(9-11-20)12-19-17(21)15-6-3-8-16-14(15)7-4-10-18-16/h3,6,8,13,18,20H,2,4-5,7,9-12H2,1H3,(H,19,21). The molecule has 0 saturated carbocycles. The Morgan fingerprint density at radius 3 is 3.05 bits per heavy atom. The normalized spacial score (nSPS) is 15.0. The summed E-state index contributed by atoms with van der Waals surface area (Å²) in [5, 5.41) is 15.5. The largest absolute Gasteiger partial charge is 0.396 e. The summed E-state index contributed by atoms with van der Waals surface area (Å²) in [6, 6.07) is 5.88. The third kappa shape index (κ3) is 4.21. The first-order chi connectivity index (χ1) is 10.3. The summed E-state index contributed by atoms with van der Waals surface area (Å²) in [6.45, 7) is 3.94. The lowest BCUT2D eigenvalue weighted by atomic mass is 9.96. The molecular formula is C17H26N2O2. The first-order valence-corrected chi connectivity index (χ1v) is 8.01. The number of rotatable bonds is 7. The van der Waals surface area contributed by atoms with Gasteiger partial charge in [-0.2, -0.15) is 0 Å². The predicted octanol–water partition coefficient (Wildman–Crippen LogP) is 2.57. The van der Waals surface area contributed by atoms with E-state index in [1.54, 1.807) is 0 Å². The van der Waals surface area contributed by atoms with Crippen LogP contribution >= 0.6 is 0 Å². The van der Waals surface area contributed by atoms with Crippen LogP contribution in [0.5, 0.6) is 0 Å². The summed E-state index contributed by atoms with van der Waals surface area (Å²) in [6.07, 6.45) is 4.89. The zero-order chi connectivity index (χ0) is 15.1. The van der Waals surface area contributed by atoms with Gasteiger partial charge in [-0.3, -0.25) is 4.79 Å². The Kier molecular flexibility index (Phi) is 6.05. The predicted molar refractivity (Wildman–Crippen MR) is 85.7 cm³/mol. The summed E-state index contributed by atoms with van der Waals surface area (Å²) in [7, 11) is 0. The number of anilines is 1. The van der Waals surface area contributed by atoms with Gasteiger partial charge in [0.1, 0.15) is 0 Å². The molecule has 4 nitrogen and oxygen atoms in total. The SMILES string of the molecule is CCCC(CCO)CNC(=O)c1cccc2c1CCCN2. The third-order valence-corrected chi connectivity index (χ3v) is 4.13. The Labute approximate surface area is 126 Å². The van der Waals surface area contributed by atoms with Crippen molar-refractivity contribution in [1.29, 1.82) is 0 Å². The van der Waals surface area contributed by atoms with E-state index >= 15 is 0 Å². The first-order valence-electron chi connectivity index (χ1n) is 8.01. The maximum Gasteiger partial charge on any atom is 0.251 e. The van der Waals surface area contributed by atoms with Crippen molar-refractivity contribution in [3.63, 3.8) is 0 Å². The lowest BCUT2D eigenvalue weighted by Crippen LogP contribution is -2.31. The molecule has 0 aliphatic carbocycles. The van der Waals surface area contributed by atoms with E-state index in [0.29, 0.717) is 12.5 Å². The minimum absolute atomic E-state index is 0.00888. The van der Waals surface area contributed by atoms with Gasteiger partial charge in [0.05, 0.1) is 0 Å². The number of aliphatic hydroxyl groups is 1. The van der Waals surface area contributed by atoms with Gasteiger partial charge >= 0.3 is 0 Å². The zero-order valence-electron chi connectivity index (χ0n) is 12.8. The smallest absolute Gasteiger partial charge is 0.251 e. The van der Waals surface area contributed by atoms with Gasteiger partial charge in [0.15, 0.2) is 0 Å². The summed E-state index contributed by atoms with van der Waals surface area (Å²) < 4.78 is 0. The highest BCUT2D eigenvalue weighted by molar-refractivity contribution is 5.97. The molecule has 21 heavy (non-hydrogen) atoms. The van der Waals surface area contributed by atoms with Crippen LogP contribution in [-0.4, -0.2) is 30.7 Å².